The number of fused-ring (bicyclic) bond motifs is 1. The average Bonchev–Trinajstić information content (AvgIpc) is 3.14. The number of anilines is 1. The Kier molecular flexibility index (Phi) is 6.21. The van der Waals surface area contributed by atoms with Crippen LogP contribution < -0.4 is 5.32 Å². The van der Waals surface area contributed by atoms with Crippen molar-refractivity contribution in [2.45, 2.75) is 18.9 Å². The van der Waals surface area contributed by atoms with Crippen molar-refractivity contribution in [2.75, 3.05) is 11.1 Å². The van der Waals surface area contributed by atoms with Gasteiger partial charge in [0.1, 0.15) is 11.4 Å². The number of thioether (sulfide) groups is 1. The third-order valence-electron chi connectivity index (χ3n) is 4.40. The van der Waals surface area contributed by atoms with E-state index in [1.54, 1.807) is 10.9 Å². The Hall–Kier alpha value is -2.23. The molecule has 0 saturated carbocycles. The van der Waals surface area contributed by atoms with E-state index in [1.807, 2.05) is 50.2 Å². The molecule has 152 valence electrons. The molecule has 4 aromatic rings. The van der Waals surface area contributed by atoms with Crippen LogP contribution in [0.5, 0.6) is 0 Å². The van der Waals surface area contributed by atoms with E-state index in [9.17, 15) is 4.79 Å². The predicted molar refractivity (Wildman–Crippen MR) is 127 cm³/mol. The Morgan fingerprint density at radius 3 is 2.47 bits per heavy atom. The molecule has 0 aliphatic carbocycles. The molecule has 0 bridgehead atoms. The van der Waals surface area contributed by atoms with E-state index in [0.29, 0.717) is 11.3 Å². The van der Waals surface area contributed by atoms with Gasteiger partial charge in [0.15, 0.2) is 5.65 Å². The summed E-state index contributed by atoms with van der Waals surface area (Å²) < 4.78 is 3.44. The number of hydrogen-bond acceptors (Lipinski definition) is 5. The third-order valence-corrected chi connectivity index (χ3v) is 6.65. The molecule has 1 N–H and O–H groups in total. The van der Waals surface area contributed by atoms with E-state index in [1.165, 1.54) is 23.7 Å². The Morgan fingerprint density at radius 2 is 1.77 bits per heavy atom. The molecule has 4 rings (SSSR count). The number of amides is 1. The lowest BCUT2D eigenvalue weighted by Crippen LogP contribution is -2.15. The minimum Gasteiger partial charge on any atom is -0.323 e. The van der Waals surface area contributed by atoms with E-state index in [4.69, 9.17) is 0 Å². The number of carbonyl (C=O) groups is 1. The second-order valence-corrected chi connectivity index (χ2v) is 9.42. The highest BCUT2D eigenvalue weighted by molar-refractivity contribution is 9.11. The summed E-state index contributed by atoms with van der Waals surface area (Å²) in [5.41, 5.74) is 4.62. The van der Waals surface area contributed by atoms with Gasteiger partial charge in [-0.25, -0.2) is 14.6 Å². The first kappa shape index (κ1) is 21.0. The fraction of sp³-hybridized carbons (Fsp3) is 0.143. The van der Waals surface area contributed by atoms with Crippen molar-refractivity contribution in [3.05, 3.63) is 69.0 Å². The standard InChI is InChI=1S/C21H17Br2N5OS/c1-12-3-5-14(6-4-12)28-20-15(9-26-28)21(25-11-24-20)30-10-18(29)27-19-16(22)7-13(2)8-17(19)23/h3-9,11H,10H2,1-2H3,(H,27,29). The Morgan fingerprint density at radius 1 is 1.07 bits per heavy atom. The summed E-state index contributed by atoms with van der Waals surface area (Å²) in [6.07, 6.45) is 3.24. The van der Waals surface area contributed by atoms with Gasteiger partial charge < -0.3 is 5.32 Å². The minimum absolute atomic E-state index is 0.122. The summed E-state index contributed by atoms with van der Waals surface area (Å²) in [4.78, 5) is 21.3. The monoisotopic (exact) mass is 545 g/mol. The molecule has 30 heavy (non-hydrogen) atoms. The molecule has 0 radical (unpaired) electrons. The topological polar surface area (TPSA) is 72.7 Å². The summed E-state index contributed by atoms with van der Waals surface area (Å²) in [6, 6.07) is 12.0. The molecule has 1 amide bonds. The highest BCUT2D eigenvalue weighted by Gasteiger charge is 2.15. The van der Waals surface area contributed by atoms with E-state index in [-0.39, 0.29) is 11.7 Å². The zero-order valence-electron chi connectivity index (χ0n) is 16.2. The number of nitrogens with zero attached hydrogens (tertiary/aromatic N) is 4. The van der Waals surface area contributed by atoms with Crippen molar-refractivity contribution in [3.63, 3.8) is 0 Å². The molecule has 0 saturated heterocycles. The van der Waals surface area contributed by atoms with Crippen molar-refractivity contribution in [3.8, 4) is 5.69 Å². The first-order valence-electron chi connectivity index (χ1n) is 9.06. The SMILES string of the molecule is Cc1ccc(-n2ncc3c(SCC(=O)Nc4c(Br)cc(C)cc4Br)ncnc32)cc1. The van der Waals surface area contributed by atoms with Gasteiger partial charge in [-0.15, -0.1) is 0 Å². The van der Waals surface area contributed by atoms with Crippen LogP contribution in [0.2, 0.25) is 0 Å². The zero-order chi connectivity index (χ0) is 21.3. The van der Waals surface area contributed by atoms with Crippen molar-refractivity contribution >= 4 is 66.2 Å². The summed E-state index contributed by atoms with van der Waals surface area (Å²) in [5.74, 6) is 0.0946. The second kappa shape index (κ2) is 8.87. The number of benzene rings is 2. The number of halogens is 2. The minimum atomic E-state index is -0.122. The molecular weight excluding hydrogens is 530 g/mol. The van der Waals surface area contributed by atoms with Gasteiger partial charge in [-0.1, -0.05) is 29.5 Å². The maximum Gasteiger partial charge on any atom is 0.234 e. The molecule has 0 spiro atoms. The smallest absolute Gasteiger partial charge is 0.234 e. The highest BCUT2D eigenvalue weighted by atomic mass is 79.9. The van der Waals surface area contributed by atoms with Crippen molar-refractivity contribution < 1.29 is 4.79 Å². The Labute approximate surface area is 194 Å². The molecule has 2 aromatic heterocycles. The molecule has 0 unspecified atom stereocenters. The van der Waals surface area contributed by atoms with Crippen molar-refractivity contribution in [2.24, 2.45) is 0 Å². The van der Waals surface area contributed by atoms with Gasteiger partial charge >= 0.3 is 0 Å². The Balaban J connectivity index is 1.52. The lowest BCUT2D eigenvalue weighted by atomic mass is 10.2. The molecule has 0 aliphatic heterocycles. The van der Waals surface area contributed by atoms with Gasteiger partial charge in [-0.3, -0.25) is 4.79 Å². The summed E-state index contributed by atoms with van der Waals surface area (Å²) >= 11 is 8.36. The van der Waals surface area contributed by atoms with Gasteiger partial charge in [0.05, 0.1) is 28.7 Å². The first-order valence-corrected chi connectivity index (χ1v) is 11.6. The lowest BCUT2D eigenvalue weighted by molar-refractivity contribution is -0.113. The zero-order valence-corrected chi connectivity index (χ0v) is 20.2. The van der Waals surface area contributed by atoms with Crippen LogP contribution in [-0.4, -0.2) is 31.4 Å². The fourth-order valence-corrected chi connectivity index (χ4v) is 5.32. The number of aryl methyl sites for hydroxylation is 2. The van der Waals surface area contributed by atoms with Gasteiger partial charge in [0, 0.05) is 8.95 Å². The maximum atomic E-state index is 12.5. The van der Waals surface area contributed by atoms with E-state index >= 15 is 0 Å². The van der Waals surface area contributed by atoms with Crippen LogP contribution in [0.3, 0.4) is 0 Å². The van der Waals surface area contributed by atoms with E-state index in [0.717, 1.165) is 30.6 Å². The average molecular weight is 547 g/mol. The molecule has 2 heterocycles. The van der Waals surface area contributed by atoms with E-state index < -0.39 is 0 Å². The normalized spacial score (nSPS) is 11.1. The molecule has 0 aliphatic rings. The molecular formula is C21H17Br2N5OS. The van der Waals surface area contributed by atoms with E-state index in [2.05, 4.69) is 52.2 Å². The quantitative estimate of drug-likeness (QED) is 0.257. The molecule has 0 fully saturated rings. The van der Waals surface area contributed by atoms with Crippen LogP contribution in [0.1, 0.15) is 11.1 Å². The summed E-state index contributed by atoms with van der Waals surface area (Å²) in [7, 11) is 0. The third kappa shape index (κ3) is 4.43. The molecule has 9 heteroatoms. The Bertz CT molecular complexity index is 1220. The van der Waals surface area contributed by atoms with Crippen LogP contribution in [0.25, 0.3) is 16.7 Å². The summed E-state index contributed by atoms with van der Waals surface area (Å²) in [6.45, 7) is 4.04. The van der Waals surface area contributed by atoms with Crippen LogP contribution in [0.15, 0.2) is 62.9 Å². The lowest BCUT2D eigenvalue weighted by Gasteiger charge is -2.10. The molecule has 2 aromatic carbocycles. The highest BCUT2D eigenvalue weighted by Crippen LogP contribution is 2.33. The van der Waals surface area contributed by atoms with Gasteiger partial charge in [-0.05, 0) is 75.5 Å². The molecule has 0 atom stereocenters. The number of rotatable bonds is 5. The number of aromatic nitrogens is 4. The van der Waals surface area contributed by atoms with Gasteiger partial charge in [0.25, 0.3) is 0 Å². The van der Waals surface area contributed by atoms with Gasteiger partial charge in [-0.2, -0.15) is 5.10 Å². The summed E-state index contributed by atoms with van der Waals surface area (Å²) in [5, 5.41) is 8.94. The first-order chi connectivity index (χ1) is 14.4. The maximum absolute atomic E-state index is 12.5. The number of hydrogen-bond donors (Lipinski definition) is 1. The van der Waals surface area contributed by atoms with Crippen LogP contribution in [0.4, 0.5) is 5.69 Å². The van der Waals surface area contributed by atoms with Crippen molar-refractivity contribution in [1.82, 2.24) is 19.7 Å². The van der Waals surface area contributed by atoms with Crippen molar-refractivity contribution in [1.29, 1.82) is 0 Å². The van der Waals surface area contributed by atoms with Gasteiger partial charge in [0.2, 0.25) is 5.91 Å². The largest absolute Gasteiger partial charge is 0.323 e. The van der Waals surface area contributed by atoms with Crippen LogP contribution in [-0.2, 0) is 4.79 Å². The number of nitrogens with one attached hydrogen (secondary N) is 1. The van der Waals surface area contributed by atoms with Crippen LogP contribution >= 0.6 is 43.6 Å². The number of carbonyl (C=O) groups excluding carboxylic acids is 1. The predicted octanol–water partition coefficient (Wildman–Crippen LogP) is 5.69. The molecule has 6 nitrogen and oxygen atoms in total. The second-order valence-electron chi connectivity index (χ2n) is 6.75. The van der Waals surface area contributed by atoms with Crippen LogP contribution in [0, 0.1) is 13.8 Å². The fourth-order valence-electron chi connectivity index (χ4n) is 2.94.